The monoisotopic (exact) mass is 344 g/mol. The summed E-state index contributed by atoms with van der Waals surface area (Å²) in [4.78, 5) is 23.7. The maximum atomic E-state index is 13.2. The predicted molar refractivity (Wildman–Crippen MR) is 101 cm³/mol. The summed E-state index contributed by atoms with van der Waals surface area (Å²) in [6.45, 7) is 1.23. The van der Waals surface area contributed by atoms with Crippen molar-refractivity contribution in [1.29, 1.82) is 0 Å². The molecule has 0 radical (unpaired) electrons. The van der Waals surface area contributed by atoms with E-state index in [4.69, 9.17) is 5.73 Å². The molecule has 5 heteroatoms. The Labute approximate surface area is 151 Å². The van der Waals surface area contributed by atoms with Gasteiger partial charge in [-0.2, -0.15) is 0 Å². The number of nitrogens with zero attached hydrogens (tertiary/aromatic N) is 3. The zero-order valence-corrected chi connectivity index (χ0v) is 14.5. The lowest BCUT2D eigenvalue weighted by molar-refractivity contribution is 0.0747. The molecule has 1 fully saturated rings. The predicted octanol–water partition coefficient (Wildman–Crippen LogP) is 3.64. The Kier molecular flexibility index (Phi) is 3.42. The average Bonchev–Trinajstić information content (AvgIpc) is 3.03. The van der Waals surface area contributed by atoms with Crippen molar-refractivity contribution in [3.8, 4) is 0 Å². The molecule has 1 aliphatic heterocycles. The highest BCUT2D eigenvalue weighted by molar-refractivity contribution is 6.05. The van der Waals surface area contributed by atoms with E-state index in [9.17, 15) is 4.79 Å². The molecule has 1 saturated carbocycles. The van der Waals surface area contributed by atoms with Crippen LogP contribution in [0.3, 0.4) is 0 Å². The van der Waals surface area contributed by atoms with Gasteiger partial charge in [-0.25, -0.2) is 9.97 Å². The van der Waals surface area contributed by atoms with Crippen molar-refractivity contribution in [2.75, 3.05) is 5.73 Å². The van der Waals surface area contributed by atoms with Crippen molar-refractivity contribution < 1.29 is 4.79 Å². The number of fused-ring (bicyclic) bond motifs is 2. The summed E-state index contributed by atoms with van der Waals surface area (Å²) in [5.41, 5.74) is 10.7. The Morgan fingerprint density at radius 3 is 2.42 bits per heavy atom. The molecule has 3 aromatic rings. The SMILES string of the molecule is Nc1nc(C(=O)N2Cc3ccccc3C2)c2cc(C3CCC3)ccc2n1. The van der Waals surface area contributed by atoms with Crippen LogP contribution in [0.5, 0.6) is 0 Å². The lowest BCUT2D eigenvalue weighted by Gasteiger charge is -2.26. The first-order chi connectivity index (χ1) is 12.7. The second-order valence-electron chi connectivity index (χ2n) is 7.26. The minimum absolute atomic E-state index is 0.0777. The molecule has 0 unspecified atom stereocenters. The molecule has 0 bridgehead atoms. The van der Waals surface area contributed by atoms with Gasteiger partial charge in [0.25, 0.3) is 5.91 Å². The summed E-state index contributed by atoms with van der Waals surface area (Å²) in [6, 6.07) is 14.3. The minimum atomic E-state index is -0.0777. The minimum Gasteiger partial charge on any atom is -0.368 e. The van der Waals surface area contributed by atoms with Crippen LogP contribution in [0.15, 0.2) is 42.5 Å². The van der Waals surface area contributed by atoms with Crippen molar-refractivity contribution in [3.05, 3.63) is 64.8 Å². The Balaban J connectivity index is 1.56. The van der Waals surface area contributed by atoms with Gasteiger partial charge in [0.05, 0.1) is 5.52 Å². The molecule has 2 heterocycles. The summed E-state index contributed by atoms with van der Waals surface area (Å²) in [5, 5.41) is 0.810. The zero-order valence-electron chi connectivity index (χ0n) is 14.5. The van der Waals surface area contributed by atoms with Crippen molar-refractivity contribution in [1.82, 2.24) is 14.9 Å². The molecule has 1 aromatic heterocycles. The number of hydrogen-bond acceptors (Lipinski definition) is 4. The lowest BCUT2D eigenvalue weighted by atomic mass is 9.80. The normalized spacial score (nSPS) is 16.5. The number of amides is 1. The summed E-state index contributed by atoms with van der Waals surface area (Å²) >= 11 is 0. The molecule has 1 aliphatic carbocycles. The second kappa shape index (κ2) is 5.80. The number of rotatable bonds is 2. The number of nitrogen functional groups attached to an aromatic ring is 1. The van der Waals surface area contributed by atoms with Crippen LogP contribution in [0.2, 0.25) is 0 Å². The molecule has 26 heavy (non-hydrogen) atoms. The van der Waals surface area contributed by atoms with Crippen molar-refractivity contribution in [3.63, 3.8) is 0 Å². The quantitative estimate of drug-likeness (QED) is 0.770. The van der Waals surface area contributed by atoms with Crippen LogP contribution >= 0.6 is 0 Å². The van der Waals surface area contributed by atoms with Gasteiger partial charge in [-0.1, -0.05) is 36.8 Å². The van der Waals surface area contributed by atoms with E-state index in [1.54, 1.807) is 0 Å². The van der Waals surface area contributed by atoms with Gasteiger partial charge in [-0.15, -0.1) is 0 Å². The number of nitrogens with two attached hydrogens (primary N) is 1. The molecular formula is C21H20N4O. The van der Waals surface area contributed by atoms with Gasteiger partial charge in [-0.3, -0.25) is 4.79 Å². The van der Waals surface area contributed by atoms with Gasteiger partial charge in [0.2, 0.25) is 5.95 Å². The highest BCUT2D eigenvalue weighted by Gasteiger charge is 2.27. The fourth-order valence-corrected chi connectivity index (χ4v) is 3.95. The van der Waals surface area contributed by atoms with Crippen LogP contribution in [-0.4, -0.2) is 20.8 Å². The number of carbonyl (C=O) groups excluding carboxylic acids is 1. The topological polar surface area (TPSA) is 72.1 Å². The smallest absolute Gasteiger partial charge is 0.273 e. The van der Waals surface area contributed by atoms with Crippen LogP contribution in [0, 0.1) is 0 Å². The van der Waals surface area contributed by atoms with E-state index in [2.05, 4.69) is 34.2 Å². The standard InChI is InChI=1S/C21H20N4O/c22-21-23-18-9-8-14(13-6-3-7-13)10-17(18)19(24-21)20(26)25-11-15-4-1-2-5-16(15)12-25/h1-2,4-5,8-10,13H,3,6-7,11-12H2,(H2,22,23,24). The van der Waals surface area contributed by atoms with E-state index >= 15 is 0 Å². The Morgan fingerprint density at radius 2 is 1.77 bits per heavy atom. The van der Waals surface area contributed by atoms with Gasteiger partial charge in [0.1, 0.15) is 5.69 Å². The fourth-order valence-electron chi connectivity index (χ4n) is 3.95. The van der Waals surface area contributed by atoms with Crippen LogP contribution in [0.25, 0.3) is 10.9 Å². The van der Waals surface area contributed by atoms with Crippen molar-refractivity contribution in [2.45, 2.75) is 38.3 Å². The third kappa shape index (κ3) is 2.43. The summed E-state index contributed by atoms with van der Waals surface area (Å²) in [6.07, 6.45) is 3.71. The third-order valence-corrected chi connectivity index (χ3v) is 5.64. The van der Waals surface area contributed by atoms with Gasteiger partial charge in [0, 0.05) is 18.5 Å². The number of benzene rings is 2. The summed E-state index contributed by atoms with van der Waals surface area (Å²) < 4.78 is 0. The van der Waals surface area contributed by atoms with Crippen LogP contribution in [0.4, 0.5) is 5.95 Å². The molecule has 0 atom stereocenters. The summed E-state index contributed by atoms with van der Waals surface area (Å²) in [7, 11) is 0. The first-order valence-electron chi connectivity index (χ1n) is 9.12. The molecule has 5 nitrogen and oxygen atoms in total. The molecule has 2 aromatic carbocycles. The molecule has 2 aliphatic rings. The Bertz CT molecular complexity index is 1000. The molecule has 1 amide bonds. The molecule has 5 rings (SSSR count). The van der Waals surface area contributed by atoms with Crippen LogP contribution in [0.1, 0.15) is 52.4 Å². The lowest BCUT2D eigenvalue weighted by Crippen LogP contribution is -2.27. The van der Waals surface area contributed by atoms with Gasteiger partial charge >= 0.3 is 0 Å². The van der Waals surface area contributed by atoms with E-state index < -0.39 is 0 Å². The van der Waals surface area contributed by atoms with Crippen LogP contribution < -0.4 is 5.73 Å². The molecule has 0 saturated heterocycles. The molecular weight excluding hydrogens is 324 g/mol. The van der Waals surface area contributed by atoms with E-state index in [1.807, 2.05) is 23.1 Å². The van der Waals surface area contributed by atoms with Crippen LogP contribution in [-0.2, 0) is 13.1 Å². The van der Waals surface area contributed by atoms with Gasteiger partial charge < -0.3 is 10.6 Å². The highest BCUT2D eigenvalue weighted by atomic mass is 16.2. The number of aromatic nitrogens is 2. The molecule has 0 spiro atoms. The first-order valence-corrected chi connectivity index (χ1v) is 9.12. The Morgan fingerprint density at radius 1 is 1.04 bits per heavy atom. The maximum Gasteiger partial charge on any atom is 0.273 e. The largest absolute Gasteiger partial charge is 0.368 e. The van der Waals surface area contributed by atoms with Gasteiger partial charge in [-0.05, 0) is 47.6 Å². The van der Waals surface area contributed by atoms with E-state index in [0.29, 0.717) is 24.7 Å². The number of hydrogen-bond donors (Lipinski definition) is 1. The molecule has 2 N–H and O–H groups in total. The van der Waals surface area contributed by atoms with Crippen molar-refractivity contribution >= 4 is 22.8 Å². The second-order valence-corrected chi connectivity index (χ2v) is 7.26. The van der Waals surface area contributed by atoms with E-state index in [1.165, 1.54) is 36.0 Å². The van der Waals surface area contributed by atoms with E-state index in [0.717, 1.165) is 10.9 Å². The Hall–Kier alpha value is -2.95. The average molecular weight is 344 g/mol. The number of carbonyl (C=O) groups is 1. The van der Waals surface area contributed by atoms with E-state index in [-0.39, 0.29) is 11.9 Å². The zero-order chi connectivity index (χ0) is 17.7. The summed E-state index contributed by atoms with van der Waals surface area (Å²) in [5.74, 6) is 0.663. The number of anilines is 1. The maximum absolute atomic E-state index is 13.2. The first kappa shape index (κ1) is 15.3. The van der Waals surface area contributed by atoms with Crippen molar-refractivity contribution in [2.24, 2.45) is 0 Å². The third-order valence-electron chi connectivity index (χ3n) is 5.64. The van der Waals surface area contributed by atoms with Gasteiger partial charge in [0.15, 0.2) is 0 Å². The highest BCUT2D eigenvalue weighted by Crippen LogP contribution is 2.37. The fraction of sp³-hybridized carbons (Fsp3) is 0.286. The molecule has 130 valence electrons.